The van der Waals surface area contributed by atoms with Crippen molar-refractivity contribution in [2.75, 3.05) is 16.9 Å². The molecular weight excluding hydrogens is 376 g/mol. The summed E-state index contributed by atoms with van der Waals surface area (Å²) in [4.78, 5) is 22.6. The van der Waals surface area contributed by atoms with Crippen molar-refractivity contribution in [1.82, 2.24) is 9.97 Å². The number of carbonyl (C=O) groups is 1. The molecule has 146 valence electrons. The Kier molecular flexibility index (Phi) is 5.60. The van der Waals surface area contributed by atoms with Crippen LogP contribution < -0.4 is 10.6 Å². The average molecular weight is 398 g/mol. The molecule has 1 amide bonds. The van der Waals surface area contributed by atoms with E-state index in [1.165, 1.54) is 11.1 Å². The van der Waals surface area contributed by atoms with Gasteiger partial charge in [-0.2, -0.15) is 0 Å². The highest BCUT2D eigenvalue weighted by Crippen LogP contribution is 2.26. The molecule has 0 atom stereocenters. The Morgan fingerprint density at radius 2 is 1.93 bits per heavy atom. The molecule has 0 fully saturated rings. The lowest BCUT2D eigenvalue weighted by atomic mass is 10.1. The minimum atomic E-state index is -3.59. The van der Waals surface area contributed by atoms with Gasteiger partial charge in [-0.25, -0.2) is 18.4 Å². The largest absolute Gasteiger partial charge is 0.384 e. The molecule has 1 aromatic carbocycles. The van der Waals surface area contributed by atoms with E-state index in [1.807, 2.05) is 31.2 Å². The molecule has 0 radical (unpaired) electrons. The van der Waals surface area contributed by atoms with Gasteiger partial charge in [0.05, 0.1) is 17.7 Å². The Morgan fingerprint density at radius 3 is 2.64 bits per heavy atom. The maximum atomic E-state index is 12.8. The van der Waals surface area contributed by atoms with E-state index >= 15 is 0 Å². The predicted octanol–water partition coefficient (Wildman–Crippen LogP) is 2.95. The van der Waals surface area contributed by atoms with Crippen molar-refractivity contribution in [3.05, 3.63) is 54.2 Å². The number of aromatic nitrogens is 2. The lowest BCUT2D eigenvalue weighted by Crippen LogP contribution is -2.31. The van der Waals surface area contributed by atoms with Gasteiger partial charge in [-0.3, -0.25) is 4.79 Å². The number of rotatable bonds is 6. The van der Waals surface area contributed by atoms with E-state index in [0.29, 0.717) is 18.7 Å². The maximum Gasteiger partial charge on any atom is 0.227 e. The smallest absolute Gasteiger partial charge is 0.227 e. The maximum absolute atomic E-state index is 12.8. The van der Waals surface area contributed by atoms with Crippen LogP contribution in [0.1, 0.15) is 25.3 Å². The lowest BCUT2D eigenvalue weighted by Gasteiger charge is -2.24. The summed E-state index contributed by atoms with van der Waals surface area (Å²) in [5.74, 6) is 0.246. The first-order valence-corrected chi connectivity index (χ1v) is 10.8. The number of fused-ring (bicyclic) bond motifs is 1. The van der Waals surface area contributed by atoms with Crippen LogP contribution in [0.15, 0.2) is 53.7 Å². The van der Waals surface area contributed by atoms with Crippen LogP contribution in [0.3, 0.4) is 0 Å². The van der Waals surface area contributed by atoms with Crippen LogP contribution in [0.25, 0.3) is 10.9 Å². The summed E-state index contributed by atoms with van der Waals surface area (Å²) in [5, 5.41) is 0.824. The number of hydrogen-bond donors (Lipinski definition) is 1. The molecule has 2 aromatic heterocycles. The van der Waals surface area contributed by atoms with Crippen LogP contribution in [0.4, 0.5) is 11.5 Å². The van der Waals surface area contributed by atoms with Crippen molar-refractivity contribution in [3.63, 3.8) is 0 Å². The normalized spacial score (nSPS) is 11.5. The molecule has 8 heteroatoms. The van der Waals surface area contributed by atoms with Crippen LogP contribution in [-0.2, 0) is 21.2 Å². The summed E-state index contributed by atoms with van der Waals surface area (Å²) >= 11 is 0. The molecule has 0 spiro atoms. The number of nitrogens with two attached hydrogens (primary N) is 1. The molecule has 0 unspecified atom stereocenters. The summed E-state index contributed by atoms with van der Waals surface area (Å²) in [6, 6.07) is 12.5. The van der Waals surface area contributed by atoms with Crippen molar-refractivity contribution in [2.24, 2.45) is 0 Å². The van der Waals surface area contributed by atoms with Crippen molar-refractivity contribution in [1.29, 1.82) is 0 Å². The van der Waals surface area contributed by atoms with Crippen LogP contribution in [0.5, 0.6) is 0 Å². The minimum Gasteiger partial charge on any atom is -0.384 e. The average Bonchev–Trinajstić information content (AvgIpc) is 2.65. The third-order valence-corrected chi connectivity index (χ3v) is 5.29. The van der Waals surface area contributed by atoms with E-state index in [9.17, 15) is 13.2 Å². The third kappa shape index (κ3) is 4.28. The van der Waals surface area contributed by atoms with Gasteiger partial charge in [-0.1, -0.05) is 19.1 Å². The number of sulfone groups is 1. The van der Waals surface area contributed by atoms with Crippen molar-refractivity contribution >= 4 is 38.2 Å². The molecule has 0 aliphatic carbocycles. The summed E-state index contributed by atoms with van der Waals surface area (Å²) < 4.78 is 24.4. The van der Waals surface area contributed by atoms with Gasteiger partial charge in [0.15, 0.2) is 14.9 Å². The highest BCUT2D eigenvalue weighted by atomic mass is 32.2. The van der Waals surface area contributed by atoms with E-state index < -0.39 is 9.84 Å². The molecule has 0 saturated carbocycles. The van der Waals surface area contributed by atoms with Gasteiger partial charge in [0.1, 0.15) is 5.82 Å². The topological polar surface area (TPSA) is 106 Å². The highest BCUT2D eigenvalue weighted by molar-refractivity contribution is 7.90. The van der Waals surface area contributed by atoms with Gasteiger partial charge in [-0.05, 0) is 42.3 Å². The van der Waals surface area contributed by atoms with Crippen molar-refractivity contribution in [3.8, 4) is 0 Å². The van der Waals surface area contributed by atoms with Crippen molar-refractivity contribution < 1.29 is 13.2 Å². The number of amides is 1. The van der Waals surface area contributed by atoms with Gasteiger partial charge in [0.25, 0.3) is 0 Å². The van der Waals surface area contributed by atoms with Crippen LogP contribution in [0, 0.1) is 0 Å². The molecule has 2 N–H and O–H groups in total. The van der Waals surface area contributed by atoms with Gasteiger partial charge in [0.2, 0.25) is 5.91 Å². The van der Waals surface area contributed by atoms with Crippen LogP contribution >= 0.6 is 0 Å². The fourth-order valence-corrected chi connectivity index (χ4v) is 3.80. The summed E-state index contributed by atoms with van der Waals surface area (Å²) in [5.41, 5.74) is 7.59. The minimum absolute atomic E-state index is 0.109. The summed E-state index contributed by atoms with van der Waals surface area (Å²) in [6.45, 7) is 2.11. The number of benzene rings is 1. The van der Waals surface area contributed by atoms with Gasteiger partial charge in [0, 0.05) is 24.3 Å². The molecule has 3 rings (SSSR count). The van der Waals surface area contributed by atoms with Crippen LogP contribution in [-0.4, -0.2) is 30.5 Å². The Morgan fingerprint density at radius 1 is 1.18 bits per heavy atom. The Bertz CT molecular complexity index is 1130. The molecule has 2 heterocycles. The predicted molar refractivity (Wildman–Crippen MR) is 110 cm³/mol. The summed E-state index contributed by atoms with van der Waals surface area (Å²) in [6.07, 6.45) is 3.45. The quantitative estimate of drug-likeness (QED) is 0.684. The Labute approximate surface area is 164 Å². The first-order chi connectivity index (χ1) is 13.3. The van der Waals surface area contributed by atoms with Crippen molar-refractivity contribution in [2.45, 2.75) is 31.3 Å². The van der Waals surface area contributed by atoms with E-state index in [4.69, 9.17) is 5.73 Å². The molecular formula is C20H22N4O3S. The van der Waals surface area contributed by atoms with E-state index in [2.05, 4.69) is 9.97 Å². The molecule has 3 aromatic rings. The molecule has 0 aliphatic rings. The molecule has 28 heavy (non-hydrogen) atoms. The second-order valence-corrected chi connectivity index (χ2v) is 8.52. The first-order valence-electron chi connectivity index (χ1n) is 8.90. The standard InChI is InChI=1S/C20H22N4O3S/c1-3-5-19(25)24(17-6-4-11-22-20(17)28(2,26)27)13-14-7-8-15-9-10-18(21)23-16(15)12-14/h4,6-12H,3,5,13H2,1-2H3,(H2,21,23). The first kappa shape index (κ1) is 19.8. The Hall–Kier alpha value is -3.00. The number of hydrogen-bond acceptors (Lipinski definition) is 6. The van der Waals surface area contributed by atoms with Gasteiger partial charge in [-0.15, -0.1) is 0 Å². The third-order valence-electron chi connectivity index (χ3n) is 4.28. The highest BCUT2D eigenvalue weighted by Gasteiger charge is 2.24. The van der Waals surface area contributed by atoms with E-state index in [-0.39, 0.29) is 23.2 Å². The van der Waals surface area contributed by atoms with Crippen LogP contribution in [0.2, 0.25) is 0 Å². The lowest BCUT2D eigenvalue weighted by molar-refractivity contribution is -0.118. The second-order valence-electron chi connectivity index (χ2n) is 6.59. The monoisotopic (exact) mass is 398 g/mol. The fourth-order valence-electron chi connectivity index (χ4n) is 2.99. The molecule has 0 bridgehead atoms. The number of nitrogens with zero attached hydrogens (tertiary/aromatic N) is 3. The second kappa shape index (κ2) is 7.93. The zero-order chi connectivity index (χ0) is 20.3. The van der Waals surface area contributed by atoms with Gasteiger partial charge < -0.3 is 10.6 Å². The Balaban J connectivity index is 2.06. The SMILES string of the molecule is CCCC(=O)N(Cc1ccc2ccc(N)nc2c1)c1cccnc1S(C)(=O)=O. The zero-order valence-electron chi connectivity index (χ0n) is 15.8. The molecule has 0 aliphatic heterocycles. The number of anilines is 2. The fraction of sp³-hybridized carbons (Fsp3) is 0.250. The van der Waals surface area contributed by atoms with E-state index in [1.54, 1.807) is 18.2 Å². The zero-order valence-corrected chi connectivity index (χ0v) is 16.6. The number of pyridine rings is 2. The molecule has 7 nitrogen and oxygen atoms in total. The molecule has 0 saturated heterocycles. The number of carbonyl (C=O) groups excluding carboxylic acids is 1. The number of nitrogen functional groups attached to an aromatic ring is 1. The van der Waals surface area contributed by atoms with Gasteiger partial charge >= 0.3 is 0 Å². The summed E-state index contributed by atoms with van der Waals surface area (Å²) in [7, 11) is -3.59. The van der Waals surface area contributed by atoms with E-state index in [0.717, 1.165) is 22.7 Å².